The molecule has 0 bridgehead atoms. The predicted molar refractivity (Wildman–Crippen MR) is 116 cm³/mol. The van der Waals surface area contributed by atoms with E-state index in [1.54, 1.807) is 5.57 Å². The van der Waals surface area contributed by atoms with Gasteiger partial charge in [-0.25, -0.2) is 0 Å². The van der Waals surface area contributed by atoms with Crippen LogP contribution in [-0.4, -0.2) is 5.78 Å². The maximum atomic E-state index is 11.9. The molecule has 4 aliphatic rings. The number of fused-ring (bicyclic) bond motifs is 5. The van der Waals surface area contributed by atoms with Gasteiger partial charge >= 0.3 is 0 Å². The highest BCUT2D eigenvalue weighted by atomic mass is 16.1. The quantitative estimate of drug-likeness (QED) is 0.565. The van der Waals surface area contributed by atoms with Crippen LogP contribution >= 0.6 is 0 Å². The summed E-state index contributed by atoms with van der Waals surface area (Å²) in [6.07, 6.45) is 17.5. The number of ketones is 1. The molecule has 5 atom stereocenters. The normalized spacial score (nSPS) is 37.1. The zero-order valence-corrected chi connectivity index (χ0v) is 17.3. The second-order valence-corrected chi connectivity index (χ2v) is 9.90. The van der Waals surface area contributed by atoms with Crippen LogP contribution in [0.15, 0.2) is 53.6 Å². The molecule has 0 N–H and O–H groups in total. The van der Waals surface area contributed by atoms with Crippen molar-refractivity contribution in [1.82, 2.24) is 0 Å². The molecule has 1 heteroatoms. The van der Waals surface area contributed by atoms with E-state index in [2.05, 4.69) is 56.3 Å². The maximum Gasteiger partial charge on any atom is 0.155 e. The van der Waals surface area contributed by atoms with Gasteiger partial charge in [0.25, 0.3) is 0 Å². The van der Waals surface area contributed by atoms with Crippen molar-refractivity contribution in [2.45, 2.75) is 58.8 Å². The van der Waals surface area contributed by atoms with Crippen LogP contribution in [0.2, 0.25) is 0 Å². The van der Waals surface area contributed by atoms with E-state index in [0.29, 0.717) is 17.1 Å². The van der Waals surface area contributed by atoms with Crippen LogP contribution in [0.1, 0.15) is 63.0 Å². The molecule has 0 heterocycles. The third-order valence-electron chi connectivity index (χ3n) is 8.44. The van der Waals surface area contributed by atoms with Gasteiger partial charge in [0.05, 0.1) is 0 Å². The summed E-state index contributed by atoms with van der Waals surface area (Å²) in [4.78, 5) is 11.9. The molecule has 0 radical (unpaired) electrons. The largest absolute Gasteiger partial charge is 0.295 e. The Hall–Kier alpha value is -1.89. The number of rotatable bonds is 2. The molecule has 1 aromatic rings. The Morgan fingerprint density at radius 1 is 1.07 bits per heavy atom. The van der Waals surface area contributed by atoms with Gasteiger partial charge < -0.3 is 0 Å². The lowest BCUT2D eigenvalue weighted by Gasteiger charge is -2.53. The minimum atomic E-state index is 0.340. The molecule has 2 fully saturated rings. The monoisotopic (exact) mass is 372 g/mol. The molecule has 0 aliphatic heterocycles. The number of hydrogen-bond donors (Lipinski definition) is 0. The van der Waals surface area contributed by atoms with Gasteiger partial charge in [-0.15, -0.1) is 0 Å². The Bertz CT molecular complexity index is 885. The second-order valence-electron chi connectivity index (χ2n) is 9.90. The minimum Gasteiger partial charge on any atom is -0.295 e. The van der Waals surface area contributed by atoms with Crippen LogP contribution in [0.3, 0.4) is 0 Å². The molecule has 146 valence electrons. The number of aryl methyl sites for hydroxylation is 1. The fourth-order valence-electron chi connectivity index (χ4n) is 7.00. The Kier molecular flexibility index (Phi) is 4.45. The van der Waals surface area contributed by atoms with E-state index in [1.807, 2.05) is 6.08 Å². The molecule has 1 aromatic carbocycles. The van der Waals surface area contributed by atoms with Crippen molar-refractivity contribution in [3.8, 4) is 0 Å². The standard InChI is InChI=1S/C27H32O/c1-18-4-3-5-19(16-18)6-8-21-9-13-26-25-11-7-20-17-22(28)10-12-23(20)24(25)14-15-27(21,26)2/h3-6,8-9,16-17,23-26H,7,10-15H2,1-2H3/b8-6+/t23-,24+,25+,26-,27+/m0/s1. The first-order valence-electron chi connectivity index (χ1n) is 11.2. The molecule has 5 rings (SSSR count). The van der Waals surface area contributed by atoms with Gasteiger partial charge in [0.15, 0.2) is 5.78 Å². The lowest BCUT2D eigenvalue weighted by atomic mass is 9.51. The average Bonchev–Trinajstić information content (AvgIpc) is 3.02. The van der Waals surface area contributed by atoms with Gasteiger partial charge in [0.2, 0.25) is 0 Å². The van der Waals surface area contributed by atoms with E-state index in [-0.39, 0.29) is 0 Å². The minimum absolute atomic E-state index is 0.340. The molecule has 0 saturated heterocycles. The van der Waals surface area contributed by atoms with Gasteiger partial charge in [-0.1, -0.05) is 60.6 Å². The maximum absolute atomic E-state index is 11.9. The number of hydrogen-bond acceptors (Lipinski definition) is 1. The Morgan fingerprint density at radius 2 is 1.96 bits per heavy atom. The summed E-state index contributed by atoms with van der Waals surface area (Å²) in [6, 6.07) is 8.78. The smallest absolute Gasteiger partial charge is 0.155 e. The highest BCUT2D eigenvalue weighted by Crippen LogP contribution is 2.62. The van der Waals surface area contributed by atoms with Crippen LogP contribution in [0.5, 0.6) is 0 Å². The molecule has 28 heavy (non-hydrogen) atoms. The lowest BCUT2D eigenvalue weighted by Crippen LogP contribution is -2.45. The van der Waals surface area contributed by atoms with Crippen LogP contribution in [-0.2, 0) is 4.79 Å². The molecular formula is C27H32O. The van der Waals surface area contributed by atoms with E-state index in [1.165, 1.54) is 48.8 Å². The molecule has 0 spiro atoms. The summed E-state index contributed by atoms with van der Waals surface area (Å²) in [5.41, 5.74) is 6.03. The molecule has 4 aliphatic carbocycles. The third kappa shape index (κ3) is 2.95. The predicted octanol–water partition coefficient (Wildman–Crippen LogP) is 6.69. The summed E-state index contributed by atoms with van der Waals surface area (Å²) >= 11 is 0. The number of carbonyl (C=O) groups excluding carboxylic acids is 1. The summed E-state index contributed by atoms with van der Waals surface area (Å²) in [7, 11) is 0. The first kappa shape index (κ1) is 18.2. The van der Waals surface area contributed by atoms with Crippen LogP contribution in [0.4, 0.5) is 0 Å². The van der Waals surface area contributed by atoms with E-state index < -0.39 is 0 Å². The van der Waals surface area contributed by atoms with E-state index in [9.17, 15) is 4.79 Å². The van der Waals surface area contributed by atoms with Gasteiger partial charge in [-0.05, 0) is 91.7 Å². The molecular weight excluding hydrogens is 340 g/mol. The molecule has 1 nitrogen and oxygen atoms in total. The summed E-state index contributed by atoms with van der Waals surface area (Å²) in [5.74, 6) is 3.53. The summed E-state index contributed by atoms with van der Waals surface area (Å²) in [6.45, 7) is 4.69. The zero-order valence-electron chi connectivity index (χ0n) is 17.3. The van der Waals surface area contributed by atoms with Crippen molar-refractivity contribution >= 4 is 11.9 Å². The van der Waals surface area contributed by atoms with Crippen LogP contribution in [0.25, 0.3) is 6.08 Å². The van der Waals surface area contributed by atoms with E-state index in [4.69, 9.17) is 0 Å². The highest BCUT2D eigenvalue weighted by molar-refractivity contribution is 5.91. The van der Waals surface area contributed by atoms with Crippen molar-refractivity contribution in [3.63, 3.8) is 0 Å². The van der Waals surface area contributed by atoms with E-state index >= 15 is 0 Å². The third-order valence-corrected chi connectivity index (χ3v) is 8.44. The summed E-state index contributed by atoms with van der Waals surface area (Å²) < 4.78 is 0. The lowest BCUT2D eigenvalue weighted by molar-refractivity contribution is -0.116. The fraction of sp³-hybridized carbons (Fsp3) is 0.519. The zero-order chi connectivity index (χ0) is 19.3. The molecule has 0 unspecified atom stereocenters. The molecule has 2 saturated carbocycles. The average molecular weight is 373 g/mol. The Labute approximate surface area is 169 Å². The topological polar surface area (TPSA) is 17.1 Å². The SMILES string of the molecule is Cc1cccc(/C=C/C2=CC[C@H]3[C@@H]4CCC5=CC(=O)CC[C@@H]5[C@H]4CC[C@]23C)c1. The molecule has 0 aromatic heterocycles. The van der Waals surface area contributed by atoms with Crippen molar-refractivity contribution < 1.29 is 4.79 Å². The van der Waals surface area contributed by atoms with Gasteiger partial charge in [0.1, 0.15) is 0 Å². The summed E-state index contributed by atoms with van der Waals surface area (Å²) in [5, 5.41) is 0. The second kappa shape index (κ2) is 6.87. The first-order chi connectivity index (χ1) is 13.5. The van der Waals surface area contributed by atoms with Crippen molar-refractivity contribution in [3.05, 3.63) is 64.8 Å². The highest BCUT2D eigenvalue weighted by Gasteiger charge is 2.53. The number of carbonyl (C=O) groups is 1. The van der Waals surface area contributed by atoms with Crippen LogP contribution < -0.4 is 0 Å². The van der Waals surface area contributed by atoms with Crippen molar-refractivity contribution in [1.29, 1.82) is 0 Å². The number of allylic oxidation sites excluding steroid dienone is 5. The van der Waals surface area contributed by atoms with E-state index in [0.717, 1.165) is 30.6 Å². The van der Waals surface area contributed by atoms with Crippen molar-refractivity contribution in [2.75, 3.05) is 0 Å². The number of benzene rings is 1. The Balaban J connectivity index is 1.36. The van der Waals surface area contributed by atoms with Gasteiger partial charge in [-0.2, -0.15) is 0 Å². The fourth-order valence-corrected chi connectivity index (χ4v) is 7.00. The molecule has 0 amide bonds. The van der Waals surface area contributed by atoms with Crippen molar-refractivity contribution in [2.24, 2.45) is 29.1 Å². The Morgan fingerprint density at radius 3 is 2.82 bits per heavy atom. The first-order valence-corrected chi connectivity index (χ1v) is 11.2. The van der Waals surface area contributed by atoms with Gasteiger partial charge in [0, 0.05) is 6.42 Å². The van der Waals surface area contributed by atoms with Crippen LogP contribution in [0, 0.1) is 36.0 Å². The van der Waals surface area contributed by atoms with Gasteiger partial charge in [-0.3, -0.25) is 4.79 Å².